The van der Waals surface area contributed by atoms with E-state index < -0.39 is 0 Å². The van der Waals surface area contributed by atoms with Gasteiger partial charge < -0.3 is 24.8 Å². The number of hydrogen-bond donors (Lipinski definition) is 2. The Hall–Kier alpha value is -3.88. The van der Waals surface area contributed by atoms with Crippen molar-refractivity contribution in [3.8, 4) is 17.2 Å². The van der Waals surface area contributed by atoms with Crippen LogP contribution in [0, 0.1) is 0 Å². The van der Waals surface area contributed by atoms with Crippen molar-refractivity contribution in [2.75, 3.05) is 26.6 Å². The fourth-order valence-electron chi connectivity index (χ4n) is 2.58. The minimum atomic E-state index is -0.311. The number of nitrogens with zero attached hydrogens (tertiary/aromatic N) is 3. The highest BCUT2D eigenvalue weighted by Gasteiger charge is 2.14. The summed E-state index contributed by atoms with van der Waals surface area (Å²) in [6.07, 6.45) is 6.22. The molecule has 1 aromatic carbocycles. The van der Waals surface area contributed by atoms with E-state index in [-0.39, 0.29) is 11.6 Å². The summed E-state index contributed by atoms with van der Waals surface area (Å²) < 4.78 is 16.0. The highest BCUT2D eigenvalue weighted by Crippen LogP contribution is 2.40. The second-order valence-electron chi connectivity index (χ2n) is 5.86. The van der Waals surface area contributed by atoms with Crippen molar-refractivity contribution < 1.29 is 19.0 Å². The maximum absolute atomic E-state index is 12.2. The first-order chi connectivity index (χ1) is 14.1. The standard InChI is InChI=1S/C20H21N5O4/c1-27-16-8-14(9-17(28-2)19(16)29-3)25-18-12-22-15(11-23-18)20(26)24-10-13-4-6-21-7-5-13/h4-9,11-12H,10H2,1-3H3,(H,23,25)(H,24,26). The third kappa shape index (κ3) is 4.89. The molecule has 9 nitrogen and oxygen atoms in total. The fourth-order valence-corrected chi connectivity index (χ4v) is 2.58. The van der Waals surface area contributed by atoms with Crippen LogP contribution in [0.4, 0.5) is 11.5 Å². The number of nitrogens with one attached hydrogen (secondary N) is 2. The number of carbonyl (C=O) groups is 1. The average Bonchev–Trinajstić information content (AvgIpc) is 2.77. The summed E-state index contributed by atoms with van der Waals surface area (Å²) in [5, 5.41) is 5.89. The van der Waals surface area contributed by atoms with Gasteiger partial charge >= 0.3 is 0 Å². The van der Waals surface area contributed by atoms with Crippen molar-refractivity contribution in [1.82, 2.24) is 20.3 Å². The van der Waals surface area contributed by atoms with Gasteiger partial charge in [-0.05, 0) is 17.7 Å². The van der Waals surface area contributed by atoms with E-state index in [9.17, 15) is 4.79 Å². The average molecular weight is 395 g/mol. The summed E-state index contributed by atoms with van der Waals surface area (Å²) >= 11 is 0. The molecule has 3 aromatic rings. The molecule has 0 radical (unpaired) electrons. The van der Waals surface area contributed by atoms with Gasteiger partial charge in [0.05, 0.1) is 33.7 Å². The van der Waals surface area contributed by atoms with Crippen LogP contribution >= 0.6 is 0 Å². The number of rotatable bonds is 8. The number of hydrogen-bond acceptors (Lipinski definition) is 8. The number of ether oxygens (including phenoxy) is 3. The van der Waals surface area contributed by atoms with Crippen molar-refractivity contribution in [2.24, 2.45) is 0 Å². The van der Waals surface area contributed by atoms with E-state index >= 15 is 0 Å². The van der Waals surface area contributed by atoms with Gasteiger partial charge in [-0.2, -0.15) is 0 Å². The smallest absolute Gasteiger partial charge is 0.271 e. The summed E-state index contributed by atoms with van der Waals surface area (Å²) in [7, 11) is 4.62. The SMILES string of the molecule is COc1cc(Nc2cnc(C(=O)NCc3ccncc3)cn2)cc(OC)c1OC. The largest absolute Gasteiger partial charge is 0.493 e. The molecule has 9 heteroatoms. The summed E-state index contributed by atoms with van der Waals surface area (Å²) in [5.74, 6) is 1.66. The van der Waals surface area contributed by atoms with Crippen LogP contribution in [0.1, 0.15) is 16.1 Å². The summed E-state index contributed by atoms with van der Waals surface area (Å²) in [4.78, 5) is 24.6. The lowest BCUT2D eigenvalue weighted by atomic mass is 10.2. The first-order valence-corrected chi connectivity index (χ1v) is 8.70. The summed E-state index contributed by atoms with van der Waals surface area (Å²) in [6, 6.07) is 7.16. The molecule has 0 spiro atoms. The normalized spacial score (nSPS) is 10.2. The number of benzene rings is 1. The Morgan fingerprint density at radius 3 is 2.21 bits per heavy atom. The van der Waals surface area contributed by atoms with Crippen LogP contribution in [0.15, 0.2) is 49.1 Å². The summed E-state index contributed by atoms with van der Waals surface area (Å²) in [5.41, 5.74) is 1.83. The van der Waals surface area contributed by atoms with Crippen molar-refractivity contribution >= 4 is 17.4 Å². The molecule has 0 fully saturated rings. The van der Waals surface area contributed by atoms with Gasteiger partial charge in [-0.3, -0.25) is 9.78 Å². The van der Waals surface area contributed by atoms with Crippen molar-refractivity contribution in [1.29, 1.82) is 0 Å². The highest BCUT2D eigenvalue weighted by atomic mass is 16.5. The predicted molar refractivity (Wildman–Crippen MR) is 107 cm³/mol. The molecular formula is C20H21N5O4. The molecule has 0 saturated carbocycles. The molecule has 0 saturated heterocycles. The fraction of sp³-hybridized carbons (Fsp3) is 0.200. The van der Waals surface area contributed by atoms with Gasteiger partial charge in [0.1, 0.15) is 11.5 Å². The predicted octanol–water partition coefficient (Wildman–Crippen LogP) is 2.57. The molecule has 2 heterocycles. The maximum Gasteiger partial charge on any atom is 0.271 e. The van der Waals surface area contributed by atoms with Crippen LogP contribution in [-0.4, -0.2) is 42.2 Å². The van der Waals surface area contributed by atoms with Gasteiger partial charge in [0.25, 0.3) is 5.91 Å². The molecular weight excluding hydrogens is 374 g/mol. The molecule has 29 heavy (non-hydrogen) atoms. The van der Waals surface area contributed by atoms with Gasteiger partial charge in [-0.15, -0.1) is 0 Å². The number of amides is 1. The molecule has 0 aliphatic heterocycles. The van der Waals surface area contributed by atoms with E-state index in [1.165, 1.54) is 19.5 Å². The lowest BCUT2D eigenvalue weighted by Crippen LogP contribution is -2.24. The van der Waals surface area contributed by atoms with E-state index in [2.05, 4.69) is 25.6 Å². The van der Waals surface area contributed by atoms with Crippen LogP contribution in [-0.2, 0) is 6.54 Å². The molecule has 150 valence electrons. The Morgan fingerprint density at radius 1 is 0.966 bits per heavy atom. The Morgan fingerprint density at radius 2 is 1.66 bits per heavy atom. The number of carbonyl (C=O) groups excluding carboxylic acids is 1. The minimum Gasteiger partial charge on any atom is -0.493 e. The first kappa shape index (κ1) is 19.9. The number of pyridine rings is 1. The quantitative estimate of drug-likeness (QED) is 0.599. The number of methoxy groups -OCH3 is 3. The molecule has 0 aliphatic carbocycles. The van der Waals surface area contributed by atoms with Crippen LogP contribution in [0.3, 0.4) is 0 Å². The third-order valence-electron chi connectivity index (χ3n) is 4.02. The Bertz CT molecular complexity index is 939. The molecule has 2 N–H and O–H groups in total. The topological polar surface area (TPSA) is 107 Å². The van der Waals surface area contributed by atoms with Gasteiger partial charge in [0.2, 0.25) is 5.75 Å². The Balaban J connectivity index is 1.68. The van der Waals surface area contributed by atoms with Gasteiger partial charge in [-0.25, -0.2) is 9.97 Å². The lowest BCUT2D eigenvalue weighted by Gasteiger charge is -2.14. The van der Waals surface area contributed by atoms with Crippen molar-refractivity contribution in [3.05, 3.63) is 60.3 Å². The highest BCUT2D eigenvalue weighted by molar-refractivity contribution is 5.92. The molecule has 2 aromatic heterocycles. The first-order valence-electron chi connectivity index (χ1n) is 8.70. The zero-order chi connectivity index (χ0) is 20.6. The molecule has 0 unspecified atom stereocenters. The zero-order valence-electron chi connectivity index (χ0n) is 16.3. The van der Waals surface area contributed by atoms with Crippen LogP contribution in [0.5, 0.6) is 17.2 Å². The second-order valence-corrected chi connectivity index (χ2v) is 5.86. The monoisotopic (exact) mass is 395 g/mol. The maximum atomic E-state index is 12.2. The molecule has 0 bridgehead atoms. The minimum absolute atomic E-state index is 0.217. The van der Waals surface area contributed by atoms with Crippen LogP contribution in [0.25, 0.3) is 0 Å². The lowest BCUT2D eigenvalue weighted by molar-refractivity contribution is 0.0945. The third-order valence-corrected chi connectivity index (χ3v) is 4.02. The Labute approximate surface area is 168 Å². The second kappa shape index (κ2) is 9.36. The summed E-state index contributed by atoms with van der Waals surface area (Å²) in [6.45, 7) is 0.383. The van der Waals surface area contributed by atoms with Gasteiger partial charge in [-0.1, -0.05) is 0 Å². The van der Waals surface area contributed by atoms with E-state index in [1.807, 2.05) is 12.1 Å². The number of anilines is 2. The zero-order valence-corrected chi connectivity index (χ0v) is 16.3. The Kier molecular flexibility index (Phi) is 6.41. The van der Waals surface area contributed by atoms with Gasteiger partial charge in [0.15, 0.2) is 11.5 Å². The molecule has 1 amide bonds. The molecule has 0 aliphatic rings. The molecule has 0 atom stereocenters. The van der Waals surface area contributed by atoms with Crippen LogP contribution in [0.2, 0.25) is 0 Å². The van der Waals surface area contributed by atoms with E-state index in [0.29, 0.717) is 35.3 Å². The van der Waals surface area contributed by atoms with E-state index in [0.717, 1.165) is 5.56 Å². The van der Waals surface area contributed by atoms with Crippen LogP contribution < -0.4 is 24.8 Å². The van der Waals surface area contributed by atoms with Crippen molar-refractivity contribution in [2.45, 2.75) is 6.54 Å². The number of aromatic nitrogens is 3. The van der Waals surface area contributed by atoms with Crippen molar-refractivity contribution in [3.63, 3.8) is 0 Å². The van der Waals surface area contributed by atoms with E-state index in [1.54, 1.807) is 38.7 Å². The van der Waals surface area contributed by atoms with Gasteiger partial charge in [0, 0.05) is 36.8 Å². The van der Waals surface area contributed by atoms with E-state index in [4.69, 9.17) is 14.2 Å². The molecule has 3 rings (SSSR count).